The van der Waals surface area contributed by atoms with Gasteiger partial charge in [0.15, 0.2) is 0 Å². The van der Waals surface area contributed by atoms with Crippen LogP contribution in [0.5, 0.6) is 0 Å². The van der Waals surface area contributed by atoms with Crippen LogP contribution in [-0.4, -0.2) is 25.3 Å². The fraction of sp³-hybridized carbons (Fsp3) is 0.105. The van der Waals surface area contributed by atoms with Gasteiger partial charge in [0.1, 0.15) is 17.2 Å². The highest BCUT2D eigenvalue weighted by Crippen LogP contribution is 2.15. The van der Waals surface area contributed by atoms with Crippen molar-refractivity contribution in [2.24, 2.45) is 0 Å². The topological polar surface area (TPSA) is 98.9 Å². The Kier molecular flexibility index (Phi) is 4.58. The number of thiophene rings is 1. The highest BCUT2D eigenvalue weighted by molar-refractivity contribution is 7.16. The van der Waals surface area contributed by atoms with E-state index < -0.39 is 11.5 Å². The largest absolute Gasteiger partial charge is 0.281 e. The SMILES string of the molecule is Cc1nc2sccc2c(=O)n1NC(=O)Cn1nc(-c2ccccc2)ccc1=O. The zero-order valence-corrected chi connectivity index (χ0v) is 15.6. The summed E-state index contributed by atoms with van der Waals surface area (Å²) in [5.74, 6) is -0.201. The Balaban J connectivity index is 1.61. The van der Waals surface area contributed by atoms with Gasteiger partial charge in [-0.15, -0.1) is 11.3 Å². The zero-order valence-electron chi connectivity index (χ0n) is 14.8. The summed E-state index contributed by atoms with van der Waals surface area (Å²) in [5.41, 5.74) is 3.13. The third kappa shape index (κ3) is 3.35. The smallest absolute Gasteiger partial charge is 0.271 e. The summed E-state index contributed by atoms with van der Waals surface area (Å²) in [7, 11) is 0. The molecule has 1 amide bonds. The molecule has 0 aliphatic rings. The molecule has 8 nitrogen and oxygen atoms in total. The second-order valence-corrected chi connectivity index (χ2v) is 6.95. The summed E-state index contributed by atoms with van der Waals surface area (Å²) in [6.07, 6.45) is 0. The minimum Gasteiger partial charge on any atom is -0.271 e. The van der Waals surface area contributed by atoms with E-state index in [1.165, 1.54) is 17.4 Å². The van der Waals surface area contributed by atoms with Crippen LogP contribution in [0.3, 0.4) is 0 Å². The first-order valence-electron chi connectivity index (χ1n) is 8.43. The van der Waals surface area contributed by atoms with Crippen LogP contribution in [0.1, 0.15) is 5.82 Å². The molecule has 0 aliphatic carbocycles. The summed E-state index contributed by atoms with van der Waals surface area (Å²) in [4.78, 5) is 42.0. The van der Waals surface area contributed by atoms with Crippen LogP contribution in [0.15, 0.2) is 63.5 Å². The molecule has 9 heteroatoms. The zero-order chi connectivity index (χ0) is 19.7. The number of carbonyl (C=O) groups is 1. The van der Waals surface area contributed by atoms with Gasteiger partial charge in [-0.2, -0.15) is 5.10 Å². The lowest BCUT2D eigenvalue weighted by Crippen LogP contribution is -2.38. The standard InChI is InChI=1S/C19H15N5O3S/c1-12-20-18-14(9-10-28-18)19(27)24(12)22-16(25)11-23-17(26)8-7-15(21-23)13-5-3-2-4-6-13/h2-10H,11H2,1H3,(H,22,25). The molecule has 0 unspecified atom stereocenters. The van der Waals surface area contributed by atoms with E-state index in [1.807, 2.05) is 30.3 Å². The van der Waals surface area contributed by atoms with Gasteiger partial charge in [-0.25, -0.2) is 14.3 Å². The number of amides is 1. The Morgan fingerprint density at radius 1 is 1.11 bits per heavy atom. The van der Waals surface area contributed by atoms with E-state index in [-0.39, 0.29) is 12.1 Å². The molecule has 3 aromatic heterocycles. The van der Waals surface area contributed by atoms with Gasteiger partial charge in [-0.05, 0) is 24.4 Å². The Morgan fingerprint density at radius 3 is 2.68 bits per heavy atom. The van der Waals surface area contributed by atoms with Crippen molar-refractivity contribution >= 4 is 27.5 Å². The number of nitrogens with one attached hydrogen (secondary N) is 1. The minimum absolute atomic E-state index is 0.326. The van der Waals surface area contributed by atoms with Crippen molar-refractivity contribution in [1.29, 1.82) is 0 Å². The molecule has 28 heavy (non-hydrogen) atoms. The monoisotopic (exact) mass is 393 g/mol. The third-order valence-electron chi connectivity index (χ3n) is 4.13. The molecule has 0 aliphatic heterocycles. The molecule has 3 heterocycles. The minimum atomic E-state index is -0.554. The van der Waals surface area contributed by atoms with Crippen molar-refractivity contribution in [2.45, 2.75) is 13.5 Å². The predicted octanol–water partition coefficient (Wildman–Crippen LogP) is 1.76. The number of hydrogen-bond donors (Lipinski definition) is 1. The number of nitrogens with zero attached hydrogens (tertiary/aromatic N) is 4. The predicted molar refractivity (Wildman–Crippen MR) is 107 cm³/mol. The van der Waals surface area contributed by atoms with Crippen molar-refractivity contribution in [2.75, 3.05) is 5.43 Å². The van der Waals surface area contributed by atoms with Crippen LogP contribution in [0.2, 0.25) is 0 Å². The van der Waals surface area contributed by atoms with Crippen molar-refractivity contribution < 1.29 is 4.79 Å². The van der Waals surface area contributed by atoms with Crippen LogP contribution in [0, 0.1) is 6.92 Å². The highest BCUT2D eigenvalue weighted by Gasteiger charge is 2.13. The molecule has 0 radical (unpaired) electrons. The van der Waals surface area contributed by atoms with Crippen LogP contribution >= 0.6 is 11.3 Å². The van der Waals surface area contributed by atoms with Crippen LogP contribution in [-0.2, 0) is 11.3 Å². The lowest BCUT2D eigenvalue weighted by molar-refractivity contribution is -0.118. The lowest BCUT2D eigenvalue weighted by Gasteiger charge is -2.12. The Labute approximate surface area is 162 Å². The summed E-state index contributed by atoms with van der Waals surface area (Å²) in [6, 6.07) is 14.0. The van der Waals surface area contributed by atoms with Crippen molar-refractivity contribution in [3.8, 4) is 11.3 Å². The van der Waals surface area contributed by atoms with E-state index in [2.05, 4.69) is 15.5 Å². The molecule has 4 aromatic rings. The third-order valence-corrected chi connectivity index (χ3v) is 4.94. The van der Waals surface area contributed by atoms with E-state index in [9.17, 15) is 14.4 Å². The van der Waals surface area contributed by atoms with Crippen molar-refractivity contribution in [3.63, 3.8) is 0 Å². The van der Waals surface area contributed by atoms with Gasteiger partial charge in [0.05, 0.1) is 11.1 Å². The first kappa shape index (κ1) is 17.8. The van der Waals surface area contributed by atoms with Gasteiger partial charge in [0, 0.05) is 11.6 Å². The quantitative estimate of drug-likeness (QED) is 0.570. The molecule has 140 valence electrons. The number of benzene rings is 1. The summed E-state index contributed by atoms with van der Waals surface area (Å²) >= 11 is 1.35. The first-order chi connectivity index (χ1) is 13.5. The van der Waals surface area contributed by atoms with Crippen LogP contribution < -0.4 is 16.5 Å². The average molecular weight is 393 g/mol. The van der Waals surface area contributed by atoms with E-state index in [0.29, 0.717) is 21.7 Å². The average Bonchev–Trinajstić information content (AvgIpc) is 3.16. The summed E-state index contributed by atoms with van der Waals surface area (Å²) < 4.78 is 2.15. The molecule has 0 saturated heterocycles. The number of aromatic nitrogens is 4. The number of hydrogen-bond acceptors (Lipinski definition) is 6. The van der Waals surface area contributed by atoms with E-state index in [1.54, 1.807) is 24.4 Å². The lowest BCUT2D eigenvalue weighted by atomic mass is 10.1. The molecule has 1 aromatic carbocycles. The Morgan fingerprint density at radius 2 is 1.89 bits per heavy atom. The Hall–Kier alpha value is -3.59. The molecule has 0 fully saturated rings. The maximum Gasteiger partial charge on any atom is 0.281 e. The van der Waals surface area contributed by atoms with Crippen molar-refractivity contribution in [1.82, 2.24) is 19.4 Å². The second kappa shape index (κ2) is 7.20. The summed E-state index contributed by atoms with van der Waals surface area (Å²) in [5, 5.41) is 6.45. The molecule has 1 N–H and O–H groups in total. The molecular formula is C19H15N5O3S. The fourth-order valence-corrected chi connectivity index (χ4v) is 3.57. The van der Waals surface area contributed by atoms with E-state index in [4.69, 9.17) is 0 Å². The molecule has 0 saturated carbocycles. The molecular weight excluding hydrogens is 378 g/mol. The number of carbonyl (C=O) groups excluding carboxylic acids is 1. The van der Waals surface area contributed by atoms with Crippen LogP contribution in [0.25, 0.3) is 21.5 Å². The van der Waals surface area contributed by atoms with Gasteiger partial charge >= 0.3 is 0 Å². The van der Waals surface area contributed by atoms with Gasteiger partial charge in [-0.1, -0.05) is 30.3 Å². The van der Waals surface area contributed by atoms with Gasteiger partial charge in [0.2, 0.25) is 0 Å². The second-order valence-electron chi connectivity index (χ2n) is 6.05. The molecule has 0 bridgehead atoms. The molecule has 4 rings (SSSR count). The highest BCUT2D eigenvalue weighted by atomic mass is 32.1. The fourth-order valence-electron chi connectivity index (χ4n) is 2.77. The number of fused-ring (bicyclic) bond motifs is 1. The maximum absolute atomic E-state index is 12.5. The van der Waals surface area contributed by atoms with E-state index >= 15 is 0 Å². The van der Waals surface area contributed by atoms with Gasteiger partial charge in [-0.3, -0.25) is 19.8 Å². The van der Waals surface area contributed by atoms with E-state index in [0.717, 1.165) is 14.9 Å². The maximum atomic E-state index is 12.5. The molecule has 0 atom stereocenters. The summed E-state index contributed by atoms with van der Waals surface area (Å²) in [6.45, 7) is 1.30. The van der Waals surface area contributed by atoms with Gasteiger partial charge in [0.25, 0.3) is 17.0 Å². The van der Waals surface area contributed by atoms with Crippen molar-refractivity contribution in [3.05, 3.63) is 80.4 Å². The molecule has 0 spiro atoms. The Bertz CT molecular complexity index is 1290. The number of aryl methyl sites for hydroxylation is 1. The van der Waals surface area contributed by atoms with Crippen LogP contribution in [0.4, 0.5) is 0 Å². The normalized spacial score (nSPS) is 10.9. The first-order valence-corrected chi connectivity index (χ1v) is 9.31. The van der Waals surface area contributed by atoms with Gasteiger partial charge < -0.3 is 0 Å². The number of rotatable bonds is 4.